The quantitative estimate of drug-likeness (QED) is 0.652. The van der Waals surface area contributed by atoms with Crippen molar-refractivity contribution >= 4 is 15.9 Å². The molecule has 0 bridgehead atoms. The van der Waals surface area contributed by atoms with Crippen LogP contribution in [0.25, 0.3) is 0 Å². The van der Waals surface area contributed by atoms with Crippen LogP contribution in [-0.2, 0) is 27.1 Å². The summed E-state index contributed by atoms with van der Waals surface area (Å²) < 4.78 is 26.9. The third-order valence-corrected chi connectivity index (χ3v) is 8.02. The van der Waals surface area contributed by atoms with Gasteiger partial charge in [-0.2, -0.15) is 4.31 Å². The number of sulfonamides is 1. The van der Waals surface area contributed by atoms with Gasteiger partial charge in [0.05, 0.1) is 12.3 Å². The molecular formula is C24H32N4O3S. The normalized spacial score (nSPS) is 20.9. The van der Waals surface area contributed by atoms with Crippen molar-refractivity contribution in [3.05, 3.63) is 71.8 Å². The smallest absolute Gasteiger partial charge is 0.234 e. The Kier molecular flexibility index (Phi) is 7.57. The number of hydrogen-bond acceptors (Lipinski definition) is 5. The lowest BCUT2D eigenvalue weighted by Gasteiger charge is -2.33. The van der Waals surface area contributed by atoms with E-state index in [9.17, 15) is 13.2 Å². The van der Waals surface area contributed by atoms with Crippen molar-refractivity contribution in [1.82, 2.24) is 19.4 Å². The van der Waals surface area contributed by atoms with Gasteiger partial charge in [0.15, 0.2) is 0 Å². The highest BCUT2D eigenvalue weighted by Gasteiger charge is 2.29. The lowest BCUT2D eigenvalue weighted by molar-refractivity contribution is -0.123. The molecule has 172 valence electrons. The zero-order valence-corrected chi connectivity index (χ0v) is 19.2. The third-order valence-electron chi connectivity index (χ3n) is 6.17. The standard InChI is InChI=1S/C24H32N4O3S/c29-24(25-23-11-12-27(18-23)17-21-7-3-1-4-8-21)19-26-13-15-28(16-14-26)32(30,31)20-22-9-5-2-6-10-22/h1-10,23H,11-20H2,(H,25,29)/t23-/m0/s1. The number of amides is 1. The topological polar surface area (TPSA) is 73.0 Å². The monoisotopic (exact) mass is 456 g/mol. The number of nitrogens with one attached hydrogen (secondary N) is 1. The van der Waals surface area contributed by atoms with Crippen molar-refractivity contribution in [3.63, 3.8) is 0 Å². The van der Waals surface area contributed by atoms with E-state index in [1.54, 1.807) is 4.31 Å². The van der Waals surface area contributed by atoms with Crippen LogP contribution in [0, 0.1) is 0 Å². The van der Waals surface area contributed by atoms with Crippen molar-refractivity contribution in [2.75, 3.05) is 45.8 Å². The summed E-state index contributed by atoms with van der Waals surface area (Å²) in [5.74, 6) is 0.0484. The van der Waals surface area contributed by atoms with E-state index in [0.29, 0.717) is 32.7 Å². The second-order valence-corrected chi connectivity index (χ2v) is 10.7. The van der Waals surface area contributed by atoms with Crippen LogP contribution < -0.4 is 5.32 Å². The van der Waals surface area contributed by atoms with Gasteiger partial charge in [-0.1, -0.05) is 60.7 Å². The van der Waals surface area contributed by atoms with E-state index in [4.69, 9.17) is 0 Å². The minimum atomic E-state index is -3.34. The molecule has 0 radical (unpaired) electrons. The average Bonchev–Trinajstić information content (AvgIpc) is 3.21. The Morgan fingerprint density at radius 3 is 2.12 bits per heavy atom. The Bertz CT molecular complexity index is 977. The first-order chi connectivity index (χ1) is 15.5. The maximum absolute atomic E-state index is 12.7. The first-order valence-electron chi connectivity index (χ1n) is 11.3. The zero-order chi connectivity index (χ0) is 22.4. The fourth-order valence-corrected chi connectivity index (χ4v) is 5.97. The molecule has 2 heterocycles. The van der Waals surface area contributed by atoms with Crippen LogP contribution in [0.3, 0.4) is 0 Å². The van der Waals surface area contributed by atoms with Crippen molar-refractivity contribution in [2.24, 2.45) is 0 Å². The summed E-state index contributed by atoms with van der Waals surface area (Å²) in [5, 5.41) is 3.16. The number of carbonyl (C=O) groups excluding carboxylic acids is 1. The van der Waals surface area contributed by atoms with Crippen molar-refractivity contribution in [1.29, 1.82) is 0 Å². The van der Waals surface area contributed by atoms with Gasteiger partial charge in [0.25, 0.3) is 0 Å². The first-order valence-corrected chi connectivity index (χ1v) is 12.9. The number of likely N-dealkylation sites (tertiary alicyclic amines) is 1. The number of rotatable bonds is 8. The zero-order valence-electron chi connectivity index (χ0n) is 18.4. The summed E-state index contributed by atoms with van der Waals surface area (Å²) in [5.41, 5.74) is 2.09. The van der Waals surface area contributed by atoms with Crippen LogP contribution in [0.2, 0.25) is 0 Å². The highest BCUT2D eigenvalue weighted by atomic mass is 32.2. The fourth-order valence-electron chi connectivity index (χ4n) is 4.45. The molecule has 1 N–H and O–H groups in total. The Hall–Kier alpha value is -2.26. The number of nitrogens with zero attached hydrogens (tertiary/aromatic N) is 3. The molecule has 2 aromatic carbocycles. The summed E-state index contributed by atoms with van der Waals surface area (Å²) >= 11 is 0. The van der Waals surface area contributed by atoms with Gasteiger partial charge in [0.1, 0.15) is 0 Å². The minimum absolute atomic E-state index is 0.0233. The van der Waals surface area contributed by atoms with Gasteiger partial charge in [-0.25, -0.2) is 8.42 Å². The molecule has 8 heteroatoms. The van der Waals surface area contributed by atoms with Gasteiger partial charge in [-0.3, -0.25) is 14.6 Å². The van der Waals surface area contributed by atoms with Gasteiger partial charge in [-0.15, -0.1) is 0 Å². The van der Waals surface area contributed by atoms with Crippen LogP contribution in [-0.4, -0.2) is 80.3 Å². The first kappa shape index (κ1) is 22.9. The number of benzene rings is 2. The van der Waals surface area contributed by atoms with Crippen molar-refractivity contribution in [3.8, 4) is 0 Å². The number of carbonyl (C=O) groups is 1. The van der Waals surface area contributed by atoms with E-state index in [-0.39, 0.29) is 17.7 Å². The highest BCUT2D eigenvalue weighted by Crippen LogP contribution is 2.15. The SMILES string of the molecule is O=C(CN1CCN(S(=O)(=O)Cc2ccccc2)CC1)N[C@H]1CCN(Cc2ccccc2)C1. The Labute approximate surface area is 191 Å². The summed E-state index contributed by atoms with van der Waals surface area (Å²) in [4.78, 5) is 17.0. The molecule has 2 aliphatic heterocycles. The molecule has 0 aromatic heterocycles. The van der Waals surface area contributed by atoms with Gasteiger partial charge < -0.3 is 5.32 Å². The van der Waals surface area contributed by atoms with Crippen LogP contribution in [0.4, 0.5) is 0 Å². The van der Waals surface area contributed by atoms with E-state index >= 15 is 0 Å². The number of piperazine rings is 1. The molecule has 2 aromatic rings. The van der Waals surface area contributed by atoms with E-state index in [0.717, 1.165) is 31.6 Å². The minimum Gasteiger partial charge on any atom is -0.351 e. The molecule has 2 aliphatic rings. The third kappa shape index (κ3) is 6.38. The summed E-state index contributed by atoms with van der Waals surface area (Å²) in [6.07, 6.45) is 0.962. The summed E-state index contributed by atoms with van der Waals surface area (Å²) in [6.45, 7) is 5.09. The van der Waals surface area contributed by atoms with Gasteiger partial charge >= 0.3 is 0 Å². The number of hydrogen-bond donors (Lipinski definition) is 1. The Morgan fingerprint density at radius 2 is 1.47 bits per heavy atom. The Morgan fingerprint density at radius 1 is 0.844 bits per heavy atom. The molecule has 7 nitrogen and oxygen atoms in total. The largest absolute Gasteiger partial charge is 0.351 e. The molecule has 0 saturated carbocycles. The van der Waals surface area contributed by atoms with Crippen molar-refractivity contribution < 1.29 is 13.2 Å². The molecular weight excluding hydrogens is 424 g/mol. The molecule has 0 aliphatic carbocycles. The van der Waals surface area contributed by atoms with E-state index < -0.39 is 10.0 Å². The highest BCUT2D eigenvalue weighted by molar-refractivity contribution is 7.88. The van der Waals surface area contributed by atoms with E-state index in [2.05, 4.69) is 34.5 Å². The molecule has 1 amide bonds. The lowest BCUT2D eigenvalue weighted by Crippen LogP contribution is -2.52. The average molecular weight is 457 g/mol. The molecule has 1 atom stereocenters. The molecule has 32 heavy (non-hydrogen) atoms. The molecule has 0 unspecified atom stereocenters. The van der Waals surface area contributed by atoms with Gasteiger partial charge in [-0.05, 0) is 17.5 Å². The molecule has 2 fully saturated rings. The molecule has 4 rings (SSSR count). The molecule has 0 spiro atoms. The second-order valence-electron chi connectivity index (χ2n) is 8.69. The predicted molar refractivity (Wildman–Crippen MR) is 125 cm³/mol. The van der Waals surface area contributed by atoms with E-state index in [1.807, 2.05) is 41.3 Å². The van der Waals surface area contributed by atoms with Gasteiger partial charge in [0.2, 0.25) is 15.9 Å². The predicted octanol–water partition coefficient (Wildman–Crippen LogP) is 1.52. The van der Waals surface area contributed by atoms with Crippen LogP contribution >= 0.6 is 0 Å². The maximum atomic E-state index is 12.7. The van der Waals surface area contributed by atoms with Crippen LogP contribution in [0.15, 0.2) is 60.7 Å². The Balaban J connectivity index is 1.18. The van der Waals surface area contributed by atoms with Crippen LogP contribution in [0.1, 0.15) is 17.5 Å². The lowest BCUT2D eigenvalue weighted by atomic mass is 10.2. The summed E-state index contributed by atoms with van der Waals surface area (Å²) in [7, 11) is -3.34. The molecule has 2 saturated heterocycles. The van der Waals surface area contributed by atoms with E-state index in [1.165, 1.54) is 5.56 Å². The van der Waals surface area contributed by atoms with Crippen LogP contribution in [0.5, 0.6) is 0 Å². The maximum Gasteiger partial charge on any atom is 0.234 e. The fraction of sp³-hybridized carbons (Fsp3) is 0.458. The van der Waals surface area contributed by atoms with Crippen molar-refractivity contribution in [2.45, 2.75) is 24.8 Å². The summed E-state index contributed by atoms with van der Waals surface area (Å²) in [6, 6.07) is 19.8. The van der Waals surface area contributed by atoms with Gasteiger partial charge in [0, 0.05) is 51.9 Å². The second kappa shape index (κ2) is 10.6.